The van der Waals surface area contributed by atoms with E-state index < -0.39 is 41.6 Å². The van der Waals surface area contributed by atoms with Gasteiger partial charge in [-0.2, -0.15) is 13.2 Å². The molecular weight excluding hydrogens is 377 g/mol. The molecule has 0 aliphatic heterocycles. The van der Waals surface area contributed by atoms with Crippen LogP contribution < -0.4 is 10.6 Å². The predicted octanol–water partition coefficient (Wildman–Crippen LogP) is 2.46. The van der Waals surface area contributed by atoms with Gasteiger partial charge in [-0.25, -0.2) is 4.79 Å². The SMILES string of the molecule is COC(=O)[C@H](Cc1cccc(C(F)(F)F)c1)NC(=O)[C@H](CC(C)C)NC(C)=O. The molecule has 2 N–H and O–H groups in total. The first kappa shape index (κ1) is 23.5. The van der Waals surface area contributed by atoms with Gasteiger partial charge in [0.2, 0.25) is 11.8 Å². The van der Waals surface area contributed by atoms with Crippen LogP contribution in [-0.2, 0) is 31.7 Å². The molecule has 0 saturated heterocycles. The quantitative estimate of drug-likeness (QED) is 0.655. The van der Waals surface area contributed by atoms with Gasteiger partial charge in [-0.1, -0.05) is 32.0 Å². The van der Waals surface area contributed by atoms with Gasteiger partial charge >= 0.3 is 12.1 Å². The average Bonchev–Trinajstić information content (AvgIpc) is 2.58. The molecule has 0 fully saturated rings. The van der Waals surface area contributed by atoms with Gasteiger partial charge in [-0.3, -0.25) is 9.59 Å². The van der Waals surface area contributed by atoms with Crippen molar-refractivity contribution >= 4 is 17.8 Å². The number of nitrogens with one attached hydrogen (secondary N) is 2. The number of rotatable bonds is 8. The fourth-order valence-electron chi connectivity index (χ4n) is 2.67. The molecule has 1 aromatic carbocycles. The molecule has 0 heterocycles. The molecule has 0 radical (unpaired) electrons. The Kier molecular flexibility index (Phi) is 8.46. The minimum atomic E-state index is -4.52. The molecule has 1 aromatic rings. The zero-order valence-corrected chi connectivity index (χ0v) is 16.2. The minimum Gasteiger partial charge on any atom is -0.467 e. The maximum absolute atomic E-state index is 12.9. The van der Waals surface area contributed by atoms with E-state index in [1.807, 2.05) is 13.8 Å². The lowest BCUT2D eigenvalue weighted by molar-refractivity contribution is -0.145. The van der Waals surface area contributed by atoms with E-state index in [-0.39, 0.29) is 17.9 Å². The van der Waals surface area contributed by atoms with Crippen LogP contribution in [0, 0.1) is 5.92 Å². The Morgan fingerprint density at radius 2 is 1.75 bits per heavy atom. The molecule has 2 amide bonds. The van der Waals surface area contributed by atoms with Crippen LogP contribution in [0.5, 0.6) is 0 Å². The Morgan fingerprint density at radius 1 is 1.11 bits per heavy atom. The Balaban J connectivity index is 3.01. The fraction of sp³-hybridized carbons (Fsp3) is 0.526. The summed E-state index contributed by atoms with van der Waals surface area (Å²) in [5.41, 5.74) is -0.638. The molecule has 6 nitrogen and oxygen atoms in total. The number of esters is 1. The number of benzene rings is 1. The van der Waals surface area contributed by atoms with Crippen LogP contribution in [0.2, 0.25) is 0 Å². The van der Waals surface area contributed by atoms with Gasteiger partial charge in [0.15, 0.2) is 0 Å². The van der Waals surface area contributed by atoms with E-state index >= 15 is 0 Å². The van der Waals surface area contributed by atoms with Crippen molar-refractivity contribution in [2.75, 3.05) is 7.11 Å². The van der Waals surface area contributed by atoms with E-state index in [1.165, 1.54) is 19.1 Å². The molecule has 0 unspecified atom stereocenters. The standard InChI is InChI=1S/C19H25F3N2O4/c1-11(2)8-15(23-12(3)25)17(26)24-16(18(27)28-4)10-13-6-5-7-14(9-13)19(20,21)22/h5-7,9,11,15-16H,8,10H2,1-4H3,(H,23,25)(H,24,26)/t15-,16-/m0/s1. The molecule has 2 atom stereocenters. The summed E-state index contributed by atoms with van der Waals surface area (Å²) >= 11 is 0. The fourth-order valence-corrected chi connectivity index (χ4v) is 2.67. The molecule has 0 aromatic heterocycles. The third-order valence-electron chi connectivity index (χ3n) is 3.90. The van der Waals surface area contributed by atoms with E-state index in [0.717, 1.165) is 19.2 Å². The molecule has 0 spiro atoms. The summed E-state index contributed by atoms with van der Waals surface area (Å²) in [6, 6.07) is 2.44. The summed E-state index contributed by atoms with van der Waals surface area (Å²) in [7, 11) is 1.12. The molecule has 156 valence electrons. The van der Waals surface area contributed by atoms with Crippen LogP contribution >= 0.6 is 0 Å². The van der Waals surface area contributed by atoms with Crippen molar-refractivity contribution in [3.63, 3.8) is 0 Å². The highest BCUT2D eigenvalue weighted by Gasteiger charge is 2.31. The maximum atomic E-state index is 12.9. The zero-order chi connectivity index (χ0) is 21.5. The number of halogens is 3. The number of hydrogen-bond acceptors (Lipinski definition) is 4. The van der Waals surface area contributed by atoms with Crippen LogP contribution in [0.1, 0.15) is 38.3 Å². The highest BCUT2D eigenvalue weighted by molar-refractivity contribution is 5.90. The van der Waals surface area contributed by atoms with Gasteiger partial charge in [-0.15, -0.1) is 0 Å². The van der Waals surface area contributed by atoms with Crippen molar-refractivity contribution in [1.82, 2.24) is 10.6 Å². The van der Waals surface area contributed by atoms with Gasteiger partial charge in [0.1, 0.15) is 12.1 Å². The molecule has 0 aliphatic rings. The first-order valence-corrected chi connectivity index (χ1v) is 8.75. The van der Waals surface area contributed by atoms with Gasteiger partial charge in [0, 0.05) is 13.3 Å². The highest BCUT2D eigenvalue weighted by Crippen LogP contribution is 2.29. The average molecular weight is 402 g/mol. The van der Waals surface area contributed by atoms with Crippen molar-refractivity contribution in [1.29, 1.82) is 0 Å². The normalized spacial score (nSPS) is 13.6. The minimum absolute atomic E-state index is 0.0858. The molecule has 0 aliphatic carbocycles. The number of alkyl halides is 3. The summed E-state index contributed by atoms with van der Waals surface area (Å²) < 4.78 is 43.3. The number of ether oxygens (including phenoxy) is 1. The molecule has 1 rings (SSSR count). The Hall–Kier alpha value is -2.58. The molecule has 9 heteroatoms. The number of carbonyl (C=O) groups is 3. The second-order valence-electron chi connectivity index (χ2n) is 6.87. The lowest BCUT2D eigenvalue weighted by atomic mass is 10.0. The number of hydrogen-bond donors (Lipinski definition) is 2. The third kappa shape index (κ3) is 7.58. The van der Waals surface area contributed by atoms with Crippen molar-refractivity contribution < 1.29 is 32.3 Å². The maximum Gasteiger partial charge on any atom is 0.416 e. The van der Waals surface area contributed by atoms with Gasteiger partial charge in [0.05, 0.1) is 12.7 Å². The summed E-state index contributed by atoms with van der Waals surface area (Å²) in [5, 5.41) is 4.99. The smallest absolute Gasteiger partial charge is 0.416 e. The molecule has 0 saturated carbocycles. The van der Waals surface area contributed by atoms with Crippen LogP contribution in [-0.4, -0.2) is 37.0 Å². The predicted molar refractivity (Wildman–Crippen MR) is 96.2 cm³/mol. The third-order valence-corrected chi connectivity index (χ3v) is 3.90. The van der Waals surface area contributed by atoms with E-state index in [0.29, 0.717) is 6.42 Å². The summed E-state index contributed by atoms with van der Waals surface area (Å²) in [6.45, 7) is 4.99. The topological polar surface area (TPSA) is 84.5 Å². The lowest BCUT2D eigenvalue weighted by Crippen LogP contribution is -2.52. The number of methoxy groups -OCH3 is 1. The first-order valence-electron chi connectivity index (χ1n) is 8.75. The molecule has 0 bridgehead atoms. The van der Waals surface area contributed by atoms with Crippen LogP contribution in [0.25, 0.3) is 0 Å². The van der Waals surface area contributed by atoms with Crippen molar-refractivity contribution in [3.8, 4) is 0 Å². The largest absolute Gasteiger partial charge is 0.467 e. The summed E-state index contributed by atoms with van der Waals surface area (Å²) in [5.74, 6) is -1.72. The van der Waals surface area contributed by atoms with E-state index in [1.54, 1.807) is 0 Å². The molecular formula is C19H25F3N2O4. The van der Waals surface area contributed by atoms with Crippen LogP contribution in [0.3, 0.4) is 0 Å². The van der Waals surface area contributed by atoms with Crippen LogP contribution in [0.15, 0.2) is 24.3 Å². The van der Waals surface area contributed by atoms with Crippen molar-refractivity contribution in [2.45, 2.75) is 51.9 Å². The second kappa shape index (κ2) is 10.1. The Bertz CT molecular complexity index is 705. The van der Waals surface area contributed by atoms with Gasteiger partial charge in [0.25, 0.3) is 0 Å². The number of carbonyl (C=O) groups excluding carboxylic acids is 3. The summed E-state index contributed by atoms with van der Waals surface area (Å²) in [4.78, 5) is 36.0. The van der Waals surface area contributed by atoms with Crippen molar-refractivity contribution in [3.05, 3.63) is 35.4 Å². The Labute approximate surface area is 161 Å². The zero-order valence-electron chi connectivity index (χ0n) is 16.2. The van der Waals surface area contributed by atoms with Gasteiger partial charge < -0.3 is 15.4 Å². The molecule has 28 heavy (non-hydrogen) atoms. The summed E-state index contributed by atoms with van der Waals surface area (Å²) in [6.07, 6.45) is -4.37. The second-order valence-corrected chi connectivity index (χ2v) is 6.87. The van der Waals surface area contributed by atoms with E-state index in [2.05, 4.69) is 15.4 Å². The number of amides is 2. The monoisotopic (exact) mass is 402 g/mol. The highest BCUT2D eigenvalue weighted by atomic mass is 19.4. The van der Waals surface area contributed by atoms with Crippen molar-refractivity contribution in [2.24, 2.45) is 5.92 Å². The van der Waals surface area contributed by atoms with Crippen LogP contribution in [0.4, 0.5) is 13.2 Å². The first-order chi connectivity index (χ1) is 12.9. The van der Waals surface area contributed by atoms with Gasteiger partial charge in [-0.05, 0) is 24.0 Å². The lowest BCUT2D eigenvalue weighted by Gasteiger charge is -2.23. The van der Waals surface area contributed by atoms with E-state index in [9.17, 15) is 27.6 Å². The Morgan fingerprint density at radius 3 is 2.25 bits per heavy atom. The van der Waals surface area contributed by atoms with E-state index in [4.69, 9.17) is 0 Å².